The molecule has 3 aliphatic heterocycles. The van der Waals surface area contributed by atoms with Gasteiger partial charge in [0.1, 0.15) is 41.4 Å². The summed E-state index contributed by atoms with van der Waals surface area (Å²) < 4.78 is 64.2. The Morgan fingerprint density at radius 2 is 1.91 bits per heavy atom. The summed E-state index contributed by atoms with van der Waals surface area (Å²) in [5.41, 5.74) is 0.173. The summed E-state index contributed by atoms with van der Waals surface area (Å²) in [6.07, 6.45) is 4.62. The second-order valence-electron chi connectivity index (χ2n) is 14.4. The van der Waals surface area contributed by atoms with Gasteiger partial charge in [-0.2, -0.15) is 9.97 Å². The highest BCUT2D eigenvalue weighted by atomic mass is 19.1. The zero-order chi connectivity index (χ0) is 37.4. The van der Waals surface area contributed by atoms with E-state index in [1.165, 1.54) is 33.3 Å². The normalized spacial score (nSPS) is 21.9. The van der Waals surface area contributed by atoms with Crippen molar-refractivity contribution >= 4 is 39.3 Å². The largest absolute Gasteiger partial charge is 0.468 e. The van der Waals surface area contributed by atoms with Crippen LogP contribution < -0.4 is 14.4 Å². The minimum atomic E-state index is -0.954. The molecule has 0 spiro atoms. The number of rotatable bonds is 10. The van der Waals surface area contributed by atoms with E-state index in [9.17, 15) is 14.0 Å². The Balaban J connectivity index is 1.34. The van der Waals surface area contributed by atoms with Gasteiger partial charge in [0.2, 0.25) is 11.8 Å². The summed E-state index contributed by atoms with van der Waals surface area (Å²) in [5.74, 6) is -1.29. The van der Waals surface area contributed by atoms with Crippen molar-refractivity contribution in [1.29, 1.82) is 0 Å². The first-order valence-corrected chi connectivity index (χ1v) is 18.3. The molecule has 3 atom stereocenters. The summed E-state index contributed by atoms with van der Waals surface area (Å²) in [6.45, 7) is 5.34. The molecule has 7 rings (SSSR count). The standard InChI is InChI=1S/C39H45F3N6O5/c1-5-28-31(41)10-9-25-16-27(53-22-51-4)17-29(32(25)28)34-33(42)35-30(19-43-34)36(47-13-6-8-24(11-15-47)37(50)46(3)23(2)49)45-38(44-35)52-21-39-12-7-14-48(39)20-26(40)18-39/h9-10,16-17,19,24,26H,5-8,11-15,18,20-22H2,1-4H3/t24?,26-,39+/m1/s1. The average molecular weight is 735 g/mol. The Kier molecular flexibility index (Phi) is 10.4. The van der Waals surface area contributed by atoms with E-state index < -0.39 is 23.3 Å². The molecule has 3 saturated heterocycles. The third-order valence-corrected chi connectivity index (χ3v) is 11.1. The number of imide groups is 1. The molecule has 3 fully saturated rings. The molecule has 2 amide bonds. The molecular weight excluding hydrogens is 689 g/mol. The second kappa shape index (κ2) is 15.1. The highest BCUT2D eigenvalue weighted by Crippen LogP contribution is 2.42. The van der Waals surface area contributed by atoms with E-state index in [2.05, 4.69) is 14.9 Å². The number of methoxy groups -OCH3 is 1. The Hall–Kier alpha value is -4.56. The van der Waals surface area contributed by atoms with Gasteiger partial charge in [-0.15, -0.1) is 0 Å². The van der Waals surface area contributed by atoms with Gasteiger partial charge in [-0.3, -0.25) is 24.4 Å². The number of carbonyl (C=O) groups excluding carboxylic acids is 2. The highest BCUT2D eigenvalue weighted by molar-refractivity contribution is 6.02. The number of nitrogens with zero attached hydrogens (tertiary/aromatic N) is 6. The zero-order valence-corrected chi connectivity index (χ0v) is 30.6. The van der Waals surface area contributed by atoms with E-state index >= 15 is 8.78 Å². The molecule has 5 heterocycles. The fourth-order valence-corrected chi connectivity index (χ4v) is 8.38. The van der Waals surface area contributed by atoms with Gasteiger partial charge in [-0.25, -0.2) is 13.2 Å². The van der Waals surface area contributed by atoms with Crippen molar-refractivity contribution in [2.45, 2.75) is 70.5 Å². The van der Waals surface area contributed by atoms with Gasteiger partial charge in [-0.1, -0.05) is 13.0 Å². The highest BCUT2D eigenvalue weighted by Gasteiger charge is 2.49. The molecule has 3 aliphatic rings. The third-order valence-electron chi connectivity index (χ3n) is 11.1. The fourth-order valence-electron chi connectivity index (χ4n) is 8.38. The first-order valence-electron chi connectivity index (χ1n) is 18.3. The van der Waals surface area contributed by atoms with E-state index in [-0.39, 0.29) is 48.4 Å². The molecule has 1 unspecified atom stereocenters. The van der Waals surface area contributed by atoms with Gasteiger partial charge in [0.05, 0.1) is 10.9 Å². The number of aryl methyl sites for hydroxylation is 1. The van der Waals surface area contributed by atoms with Crippen molar-refractivity contribution in [3.05, 3.63) is 47.7 Å². The molecule has 53 heavy (non-hydrogen) atoms. The first-order chi connectivity index (χ1) is 25.5. The topological polar surface area (TPSA) is 110 Å². The zero-order valence-electron chi connectivity index (χ0n) is 30.6. The Labute approximate surface area is 306 Å². The number of fused-ring (bicyclic) bond motifs is 3. The fraction of sp³-hybridized carbons (Fsp3) is 0.513. The number of alkyl halides is 1. The molecule has 282 valence electrons. The lowest BCUT2D eigenvalue weighted by molar-refractivity contribution is -0.144. The number of pyridine rings is 1. The van der Waals surface area contributed by atoms with Gasteiger partial charge in [0.15, 0.2) is 12.6 Å². The minimum absolute atomic E-state index is 0.0374. The van der Waals surface area contributed by atoms with Crippen molar-refractivity contribution in [3.63, 3.8) is 0 Å². The van der Waals surface area contributed by atoms with Crippen LogP contribution in [-0.4, -0.2) is 102 Å². The van der Waals surface area contributed by atoms with Crippen LogP contribution in [0.1, 0.15) is 57.9 Å². The van der Waals surface area contributed by atoms with Crippen LogP contribution >= 0.6 is 0 Å². The van der Waals surface area contributed by atoms with Crippen LogP contribution in [0.15, 0.2) is 30.5 Å². The van der Waals surface area contributed by atoms with Crippen LogP contribution in [-0.2, 0) is 20.7 Å². The number of hydrogen-bond donors (Lipinski definition) is 0. The summed E-state index contributed by atoms with van der Waals surface area (Å²) in [5, 5.41) is 1.50. The lowest BCUT2D eigenvalue weighted by Gasteiger charge is -2.31. The minimum Gasteiger partial charge on any atom is -0.468 e. The first kappa shape index (κ1) is 36.8. The molecule has 2 aromatic carbocycles. The van der Waals surface area contributed by atoms with Gasteiger partial charge >= 0.3 is 6.01 Å². The van der Waals surface area contributed by atoms with E-state index in [4.69, 9.17) is 19.2 Å². The second-order valence-corrected chi connectivity index (χ2v) is 14.4. The lowest BCUT2D eigenvalue weighted by Crippen LogP contribution is -2.43. The number of ether oxygens (including phenoxy) is 3. The molecule has 11 nitrogen and oxygen atoms in total. The quantitative estimate of drug-likeness (QED) is 0.174. The Morgan fingerprint density at radius 3 is 2.68 bits per heavy atom. The van der Waals surface area contributed by atoms with Crippen molar-refractivity contribution < 1.29 is 37.0 Å². The van der Waals surface area contributed by atoms with E-state index in [1.54, 1.807) is 18.2 Å². The molecule has 0 aliphatic carbocycles. The maximum atomic E-state index is 17.2. The van der Waals surface area contributed by atoms with Crippen LogP contribution in [0.25, 0.3) is 32.9 Å². The number of benzene rings is 2. The number of carbonyl (C=O) groups is 2. The molecule has 0 saturated carbocycles. The van der Waals surface area contributed by atoms with Crippen molar-refractivity contribution in [3.8, 4) is 23.0 Å². The van der Waals surface area contributed by atoms with Crippen LogP contribution in [0.4, 0.5) is 19.0 Å². The summed E-state index contributed by atoms with van der Waals surface area (Å²) in [6, 6.07) is 6.34. The SMILES string of the molecule is CCc1c(F)ccc2cc(OCOC)cc(-c3ncc4c(N5CCCC(C(=O)N(C)C(C)=O)CC5)nc(OC[C@@]56CCCN5C[C@H](F)C6)nc4c3F)c12. The Morgan fingerprint density at radius 1 is 1.08 bits per heavy atom. The Bertz CT molecular complexity index is 2050. The molecule has 0 N–H and O–H groups in total. The number of aromatic nitrogens is 3. The molecule has 0 radical (unpaired) electrons. The van der Waals surface area contributed by atoms with Crippen LogP contribution in [0.3, 0.4) is 0 Å². The van der Waals surface area contributed by atoms with E-state index in [0.717, 1.165) is 24.3 Å². The maximum Gasteiger partial charge on any atom is 0.319 e. The maximum absolute atomic E-state index is 17.2. The summed E-state index contributed by atoms with van der Waals surface area (Å²) in [4.78, 5) is 44.4. The van der Waals surface area contributed by atoms with Crippen LogP contribution in [0.2, 0.25) is 0 Å². The van der Waals surface area contributed by atoms with E-state index in [1.807, 2.05) is 11.8 Å². The van der Waals surface area contributed by atoms with Crippen LogP contribution in [0, 0.1) is 17.6 Å². The third kappa shape index (κ3) is 6.98. The van der Waals surface area contributed by atoms with Crippen molar-refractivity contribution in [2.75, 3.05) is 58.6 Å². The monoisotopic (exact) mass is 734 g/mol. The number of amides is 2. The van der Waals surface area contributed by atoms with E-state index in [0.29, 0.717) is 90.6 Å². The molecule has 0 bridgehead atoms. The summed E-state index contributed by atoms with van der Waals surface area (Å²) in [7, 11) is 2.98. The van der Waals surface area contributed by atoms with Gasteiger partial charge < -0.3 is 19.1 Å². The number of hydrogen-bond acceptors (Lipinski definition) is 10. The van der Waals surface area contributed by atoms with Crippen molar-refractivity contribution in [1.82, 2.24) is 24.8 Å². The summed E-state index contributed by atoms with van der Waals surface area (Å²) >= 11 is 0. The number of anilines is 1. The molecule has 2 aromatic heterocycles. The van der Waals surface area contributed by atoms with Gasteiger partial charge in [-0.05, 0) is 79.6 Å². The number of halogens is 3. The van der Waals surface area contributed by atoms with Crippen LogP contribution in [0.5, 0.6) is 11.8 Å². The molecule has 4 aromatic rings. The smallest absolute Gasteiger partial charge is 0.319 e. The molecular formula is C39H45F3N6O5. The average Bonchev–Trinajstić information content (AvgIpc) is 3.56. The van der Waals surface area contributed by atoms with Gasteiger partial charge in [0.25, 0.3) is 0 Å². The van der Waals surface area contributed by atoms with Crippen molar-refractivity contribution in [2.24, 2.45) is 5.92 Å². The lowest BCUT2D eigenvalue weighted by atomic mass is 9.94. The molecule has 14 heteroatoms. The predicted octanol–water partition coefficient (Wildman–Crippen LogP) is 6.23. The van der Waals surface area contributed by atoms with Gasteiger partial charge in [0, 0.05) is 64.8 Å². The predicted molar refractivity (Wildman–Crippen MR) is 194 cm³/mol.